The molecule has 0 aliphatic carbocycles. The van der Waals surface area contributed by atoms with E-state index in [1.54, 1.807) is 12.1 Å². The molecule has 2 heterocycles. The third-order valence-electron chi connectivity index (χ3n) is 4.82. The van der Waals surface area contributed by atoms with Crippen LogP contribution in [0.3, 0.4) is 0 Å². The zero-order valence-corrected chi connectivity index (χ0v) is 16.6. The fraction of sp³-hybridized carbons (Fsp3) is 0.136. The van der Waals surface area contributed by atoms with E-state index in [1.807, 2.05) is 19.1 Å². The Hall–Kier alpha value is -4.14. The fourth-order valence-corrected chi connectivity index (χ4v) is 3.23. The summed E-state index contributed by atoms with van der Waals surface area (Å²) in [6, 6.07) is 12.7. The Balaban J connectivity index is 1.76. The molecule has 4 rings (SSSR count). The van der Waals surface area contributed by atoms with Gasteiger partial charge < -0.3 is 5.32 Å². The fourth-order valence-electron chi connectivity index (χ4n) is 3.23. The molecule has 1 N–H and O–H groups in total. The number of nitrogens with zero attached hydrogens (tertiary/aromatic N) is 4. The predicted octanol–water partition coefficient (Wildman–Crippen LogP) is 2.09. The zero-order chi connectivity index (χ0) is 22.0. The van der Waals surface area contributed by atoms with Crippen LogP contribution in [0.15, 0.2) is 70.5 Å². The molecule has 8 nitrogen and oxygen atoms in total. The summed E-state index contributed by atoms with van der Waals surface area (Å²) in [7, 11) is 0. The number of rotatable bonds is 5. The summed E-state index contributed by atoms with van der Waals surface area (Å²) in [6.45, 7) is 1.40. The smallest absolute Gasteiger partial charge is 0.324 e. The number of fused-ring (bicyclic) bond motifs is 1. The van der Waals surface area contributed by atoms with E-state index in [1.165, 1.54) is 36.7 Å². The van der Waals surface area contributed by atoms with Crippen LogP contribution in [0.25, 0.3) is 11.2 Å². The largest absolute Gasteiger partial charge is 0.333 e. The van der Waals surface area contributed by atoms with Crippen LogP contribution in [-0.2, 0) is 17.9 Å². The molecule has 0 saturated heterocycles. The second-order valence-electron chi connectivity index (χ2n) is 6.98. The average Bonchev–Trinajstić information content (AvgIpc) is 2.77. The molecule has 0 aliphatic rings. The first kappa shape index (κ1) is 20.1. The summed E-state index contributed by atoms with van der Waals surface area (Å²) >= 11 is 0. The molecule has 31 heavy (non-hydrogen) atoms. The molecule has 4 aromatic rings. The standard InChI is InChI=1S/C22H18FN5O3/c1-14-4-2-3-5-17(14)26-18(29)13-27-20-19(24-10-11-25-20)21(30)28(22(27)31)12-15-6-8-16(23)9-7-15/h2-11H,12-13H2,1H3,(H,26,29). The molecule has 2 aromatic heterocycles. The molecule has 156 valence electrons. The monoisotopic (exact) mass is 419 g/mol. The van der Waals surface area contributed by atoms with Gasteiger partial charge in [0, 0.05) is 18.1 Å². The number of carbonyl (C=O) groups excluding carboxylic acids is 1. The molecule has 0 saturated carbocycles. The lowest BCUT2D eigenvalue weighted by Crippen LogP contribution is -2.42. The highest BCUT2D eigenvalue weighted by Crippen LogP contribution is 2.13. The first-order valence-electron chi connectivity index (χ1n) is 9.48. The van der Waals surface area contributed by atoms with Crippen molar-refractivity contribution in [3.05, 3.63) is 98.7 Å². The van der Waals surface area contributed by atoms with E-state index in [4.69, 9.17) is 0 Å². The van der Waals surface area contributed by atoms with E-state index in [2.05, 4.69) is 15.3 Å². The number of amides is 1. The van der Waals surface area contributed by atoms with Gasteiger partial charge in [0.25, 0.3) is 5.56 Å². The predicted molar refractivity (Wildman–Crippen MR) is 113 cm³/mol. The minimum Gasteiger partial charge on any atom is -0.324 e. The Morgan fingerprint density at radius 1 is 1.00 bits per heavy atom. The highest BCUT2D eigenvalue weighted by atomic mass is 19.1. The summed E-state index contributed by atoms with van der Waals surface area (Å²) < 4.78 is 15.3. The average molecular weight is 419 g/mol. The lowest BCUT2D eigenvalue weighted by atomic mass is 10.2. The number of anilines is 1. The molecule has 0 bridgehead atoms. The van der Waals surface area contributed by atoms with Crippen LogP contribution in [0, 0.1) is 12.7 Å². The molecular weight excluding hydrogens is 401 g/mol. The summed E-state index contributed by atoms with van der Waals surface area (Å²) in [5.74, 6) is -0.874. The quantitative estimate of drug-likeness (QED) is 0.534. The molecule has 0 atom stereocenters. The van der Waals surface area contributed by atoms with Crippen molar-refractivity contribution in [3.63, 3.8) is 0 Å². The van der Waals surface area contributed by atoms with E-state index in [-0.39, 0.29) is 24.3 Å². The van der Waals surface area contributed by atoms with E-state index in [0.717, 1.165) is 14.7 Å². The highest BCUT2D eigenvalue weighted by molar-refractivity contribution is 5.91. The topological polar surface area (TPSA) is 98.9 Å². The normalized spacial score (nSPS) is 10.9. The maximum atomic E-state index is 13.2. The van der Waals surface area contributed by atoms with Crippen molar-refractivity contribution in [1.29, 1.82) is 0 Å². The van der Waals surface area contributed by atoms with Gasteiger partial charge in [0.1, 0.15) is 12.4 Å². The van der Waals surface area contributed by atoms with Crippen molar-refractivity contribution in [2.24, 2.45) is 0 Å². The second kappa shape index (κ2) is 8.31. The van der Waals surface area contributed by atoms with Gasteiger partial charge >= 0.3 is 5.69 Å². The summed E-state index contributed by atoms with van der Waals surface area (Å²) in [6.07, 6.45) is 2.69. The summed E-state index contributed by atoms with van der Waals surface area (Å²) in [4.78, 5) is 46.8. The molecule has 2 aromatic carbocycles. The molecule has 0 unspecified atom stereocenters. The van der Waals surface area contributed by atoms with Crippen LogP contribution in [0.1, 0.15) is 11.1 Å². The number of para-hydroxylation sites is 1. The molecule has 1 amide bonds. The first-order valence-corrected chi connectivity index (χ1v) is 9.48. The van der Waals surface area contributed by atoms with Gasteiger partial charge in [-0.2, -0.15) is 0 Å². The molecule has 0 spiro atoms. The number of aryl methyl sites for hydroxylation is 1. The van der Waals surface area contributed by atoms with Crippen molar-refractivity contribution < 1.29 is 9.18 Å². The molecule has 9 heteroatoms. The Morgan fingerprint density at radius 3 is 2.45 bits per heavy atom. The number of aromatic nitrogens is 4. The number of halogens is 1. The van der Waals surface area contributed by atoms with E-state index in [0.29, 0.717) is 11.3 Å². The molecule has 0 fully saturated rings. The molecular formula is C22H18FN5O3. The lowest BCUT2D eigenvalue weighted by Gasteiger charge is -2.13. The van der Waals surface area contributed by atoms with Gasteiger partial charge in [-0.15, -0.1) is 0 Å². The van der Waals surface area contributed by atoms with Gasteiger partial charge in [-0.05, 0) is 36.2 Å². The maximum absolute atomic E-state index is 13.2. The van der Waals surface area contributed by atoms with Gasteiger partial charge in [0.15, 0.2) is 11.2 Å². The maximum Gasteiger partial charge on any atom is 0.333 e. The number of hydrogen-bond acceptors (Lipinski definition) is 5. The van der Waals surface area contributed by atoms with Gasteiger partial charge in [0.2, 0.25) is 5.91 Å². The van der Waals surface area contributed by atoms with Gasteiger partial charge in [-0.25, -0.2) is 19.2 Å². The van der Waals surface area contributed by atoms with Crippen molar-refractivity contribution in [1.82, 2.24) is 19.1 Å². The van der Waals surface area contributed by atoms with Crippen LogP contribution in [-0.4, -0.2) is 25.0 Å². The minimum absolute atomic E-state index is 0.0211. The Labute approximate surface area is 175 Å². The zero-order valence-electron chi connectivity index (χ0n) is 16.6. The van der Waals surface area contributed by atoms with E-state index >= 15 is 0 Å². The molecule has 0 aliphatic heterocycles. The molecule has 0 radical (unpaired) electrons. The minimum atomic E-state index is -0.706. The van der Waals surface area contributed by atoms with E-state index in [9.17, 15) is 18.8 Å². The number of nitrogens with one attached hydrogen (secondary N) is 1. The third kappa shape index (κ3) is 4.11. The van der Waals surface area contributed by atoms with Gasteiger partial charge in [0.05, 0.1) is 6.54 Å². The van der Waals surface area contributed by atoms with Crippen LogP contribution < -0.4 is 16.6 Å². The summed E-state index contributed by atoms with van der Waals surface area (Å²) in [5, 5.41) is 2.76. The SMILES string of the molecule is Cc1ccccc1NC(=O)Cn1c(=O)n(Cc2ccc(F)cc2)c(=O)c2nccnc21. The van der Waals surface area contributed by atoms with Crippen LogP contribution in [0.2, 0.25) is 0 Å². The third-order valence-corrected chi connectivity index (χ3v) is 4.82. The van der Waals surface area contributed by atoms with Crippen LogP contribution in [0.5, 0.6) is 0 Å². The van der Waals surface area contributed by atoms with Gasteiger partial charge in [-0.3, -0.25) is 18.7 Å². The highest BCUT2D eigenvalue weighted by Gasteiger charge is 2.18. The van der Waals surface area contributed by atoms with Crippen molar-refractivity contribution in [2.45, 2.75) is 20.0 Å². The number of carbonyl (C=O) groups is 1. The lowest BCUT2D eigenvalue weighted by molar-refractivity contribution is -0.116. The van der Waals surface area contributed by atoms with Crippen molar-refractivity contribution >= 4 is 22.8 Å². The van der Waals surface area contributed by atoms with Crippen molar-refractivity contribution in [3.8, 4) is 0 Å². The second-order valence-corrected chi connectivity index (χ2v) is 6.98. The van der Waals surface area contributed by atoms with Crippen molar-refractivity contribution in [2.75, 3.05) is 5.32 Å². The Morgan fingerprint density at radius 2 is 1.71 bits per heavy atom. The first-order chi connectivity index (χ1) is 14.9. The van der Waals surface area contributed by atoms with Gasteiger partial charge in [-0.1, -0.05) is 30.3 Å². The van der Waals surface area contributed by atoms with Crippen LogP contribution in [0.4, 0.5) is 10.1 Å². The number of benzene rings is 2. The van der Waals surface area contributed by atoms with E-state index < -0.39 is 23.0 Å². The Kier molecular flexibility index (Phi) is 5.40. The van der Waals surface area contributed by atoms with Crippen LogP contribution >= 0.6 is 0 Å². The Bertz CT molecular complexity index is 1390. The number of hydrogen-bond donors (Lipinski definition) is 1. The summed E-state index contributed by atoms with van der Waals surface area (Å²) in [5.41, 5.74) is 0.695.